The highest BCUT2D eigenvalue weighted by atomic mass is 32.2. The normalized spacial score (nSPS) is 16.1. The first-order chi connectivity index (χ1) is 14.3. The first-order valence-electron chi connectivity index (χ1n) is 9.69. The molecular formula is C21H24FN3O4S. The summed E-state index contributed by atoms with van der Waals surface area (Å²) in [5, 5.41) is 2.86. The van der Waals surface area contributed by atoms with Crippen LogP contribution in [0.2, 0.25) is 0 Å². The Hall–Kier alpha value is -2.78. The third kappa shape index (κ3) is 5.22. The van der Waals surface area contributed by atoms with E-state index in [9.17, 15) is 22.4 Å². The van der Waals surface area contributed by atoms with Crippen LogP contribution in [-0.2, 0) is 19.6 Å². The standard InChI is InChI=1S/C21H24FN3O4S/c1-15(24-30(28,29)19-10-6-5-9-18(19)22)21(27)25-13-11-16(12-14-25)20(26)23-17-7-3-2-4-8-17/h2-10,15-16,24H,11-14H2,1H3,(H,23,26)/t15-/m1/s1. The number of benzene rings is 2. The lowest BCUT2D eigenvalue weighted by molar-refractivity contribution is -0.135. The lowest BCUT2D eigenvalue weighted by atomic mass is 9.95. The summed E-state index contributed by atoms with van der Waals surface area (Å²) >= 11 is 0. The number of sulfonamides is 1. The van der Waals surface area contributed by atoms with E-state index in [1.54, 1.807) is 12.1 Å². The summed E-state index contributed by atoms with van der Waals surface area (Å²) in [7, 11) is -4.17. The van der Waals surface area contributed by atoms with Crippen LogP contribution in [0.25, 0.3) is 0 Å². The zero-order valence-corrected chi connectivity index (χ0v) is 17.4. The second-order valence-electron chi connectivity index (χ2n) is 7.23. The van der Waals surface area contributed by atoms with Gasteiger partial charge in [-0.05, 0) is 44.0 Å². The van der Waals surface area contributed by atoms with Gasteiger partial charge in [-0.1, -0.05) is 30.3 Å². The molecule has 0 bridgehead atoms. The number of carbonyl (C=O) groups is 2. The Bertz CT molecular complexity index is 1010. The van der Waals surface area contributed by atoms with Crippen LogP contribution in [0.15, 0.2) is 59.5 Å². The predicted molar refractivity (Wildman–Crippen MR) is 111 cm³/mol. The zero-order valence-electron chi connectivity index (χ0n) is 16.5. The smallest absolute Gasteiger partial charge is 0.244 e. The second-order valence-corrected chi connectivity index (χ2v) is 8.91. The quantitative estimate of drug-likeness (QED) is 0.731. The van der Waals surface area contributed by atoms with E-state index in [2.05, 4.69) is 10.0 Å². The van der Waals surface area contributed by atoms with Crippen LogP contribution < -0.4 is 10.0 Å². The zero-order chi connectivity index (χ0) is 21.7. The number of piperidine rings is 1. The van der Waals surface area contributed by atoms with Gasteiger partial charge < -0.3 is 10.2 Å². The van der Waals surface area contributed by atoms with Crippen LogP contribution in [0.1, 0.15) is 19.8 Å². The van der Waals surface area contributed by atoms with Crippen molar-refractivity contribution in [3.8, 4) is 0 Å². The molecule has 160 valence electrons. The van der Waals surface area contributed by atoms with Crippen molar-refractivity contribution in [1.82, 2.24) is 9.62 Å². The van der Waals surface area contributed by atoms with E-state index in [0.717, 1.165) is 17.8 Å². The minimum atomic E-state index is -4.17. The van der Waals surface area contributed by atoms with Crippen molar-refractivity contribution in [2.45, 2.75) is 30.7 Å². The van der Waals surface area contributed by atoms with Crippen LogP contribution in [0, 0.1) is 11.7 Å². The first kappa shape index (κ1) is 21.9. The maximum atomic E-state index is 13.8. The second kappa shape index (κ2) is 9.36. The maximum Gasteiger partial charge on any atom is 0.244 e. The van der Waals surface area contributed by atoms with Crippen LogP contribution in [0.4, 0.5) is 10.1 Å². The van der Waals surface area contributed by atoms with Gasteiger partial charge in [0.2, 0.25) is 21.8 Å². The molecule has 3 rings (SSSR count). The molecule has 1 saturated heterocycles. The summed E-state index contributed by atoms with van der Waals surface area (Å²) in [6.07, 6.45) is 0.967. The third-order valence-electron chi connectivity index (χ3n) is 5.05. The van der Waals surface area contributed by atoms with Crippen LogP contribution in [0.5, 0.6) is 0 Å². The summed E-state index contributed by atoms with van der Waals surface area (Å²) < 4.78 is 40.8. The van der Waals surface area contributed by atoms with E-state index in [-0.39, 0.29) is 11.8 Å². The number of amides is 2. The number of halogens is 1. The molecule has 0 spiro atoms. The lowest BCUT2D eigenvalue weighted by Crippen LogP contribution is -2.50. The number of para-hydroxylation sites is 1. The molecule has 0 aromatic heterocycles. The van der Waals surface area contributed by atoms with Gasteiger partial charge in [0.15, 0.2) is 0 Å². The van der Waals surface area contributed by atoms with E-state index in [0.29, 0.717) is 25.9 Å². The minimum Gasteiger partial charge on any atom is -0.341 e. The van der Waals surface area contributed by atoms with Crippen molar-refractivity contribution < 1.29 is 22.4 Å². The fraction of sp³-hybridized carbons (Fsp3) is 0.333. The Morgan fingerprint density at radius 3 is 2.27 bits per heavy atom. The SMILES string of the molecule is C[C@@H](NS(=O)(=O)c1ccccc1F)C(=O)N1CCC(C(=O)Nc2ccccc2)CC1. The molecule has 2 N–H and O–H groups in total. The molecule has 1 atom stereocenters. The fourth-order valence-corrected chi connectivity index (χ4v) is 4.69. The molecule has 0 unspecified atom stereocenters. The highest BCUT2D eigenvalue weighted by Gasteiger charge is 2.31. The molecule has 30 heavy (non-hydrogen) atoms. The Kier molecular flexibility index (Phi) is 6.84. The van der Waals surface area contributed by atoms with Crippen LogP contribution in [0.3, 0.4) is 0 Å². The summed E-state index contributed by atoms with van der Waals surface area (Å²) in [5.41, 5.74) is 0.720. The topological polar surface area (TPSA) is 95.6 Å². The molecule has 2 amide bonds. The molecule has 7 nitrogen and oxygen atoms in total. The maximum absolute atomic E-state index is 13.8. The van der Waals surface area contributed by atoms with E-state index >= 15 is 0 Å². The number of nitrogens with zero attached hydrogens (tertiary/aromatic N) is 1. The number of carbonyl (C=O) groups excluding carboxylic acids is 2. The first-order valence-corrected chi connectivity index (χ1v) is 11.2. The van der Waals surface area contributed by atoms with Gasteiger partial charge >= 0.3 is 0 Å². The summed E-state index contributed by atoms with van der Waals surface area (Å²) in [4.78, 5) is 26.1. The van der Waals surface area contributed by atoms with Gasteiger partial charge in [0.05, 0.1) is 6.04 Å². The van der Waals surface area contributed by atoms with E-state index in [1.165, 1.54) is 24.0 Å². The Morgan fingerprint density at radius 2 is 1.63 bits per heavy atom. The molecule has 0 saturated carbocycles. The van der Waals surface area contributed by atoms with Gasteiger partial charge in [0.25, 0.3) is 0 Å². The van der Waals surface area contributed by atoms with Gasteiger partial charge in [-0.15, -0.1) is 0 Å². The van der Waals surface area contributed by atoms with Gasteiger partial charge in [-0.25, -0.2) is 12.8 Å². The number of hydrogen-bond acceptors (Lipinski definition) is 4. The van der Waals surface area contributed by atoms with Gasteiger partial charge in [0, 0.05) is 24.7 Å². The number of rotatable bonds is 6. The van der Waals surface area contributed by atoms with E-state index < -0.39 is 32.7 Å². The van der Waals surface area contributed by atoms with E-state index in [1.807, 2.05) is 18.2 Å². The molecule has 1 aliphatic rings. The monoisotopic (exact) mass is 433 g/mol. The lowest BCUT2D eigenvalue weighted by Gasteiger charge is -2.33. The molecule has 0 aliphatic carbocycles. The molecule has 1 fully saturated rings. The molecule has 2 aromatic carbocycles. The summed E-state index contributed by atoms with van der Waals surface area (Å²) in [6, 6.07) is 13.1. The van der Waals surface area contributed by atoms with Gasteiger partial charge in [-0.2, -0.15) is 4.72 Å². The molecule has 2 aromatic rings. The van der Waals surface area contributed by atoms with Crippen molar-refractivity contribution in [3.63, 3.8) is 0 Å². The van der Waals surface area contributed by atoms with Crippen LogP contribution in [-0.4, -0.2) is 44.3 Å². The number of likely N-dealkylation sites (tertiary alicyclic amines) is 1. The van der Waals surface area contributed by atoms with Crippen molar-refractivity contribution in [2.75, 3.05) is 18.4 Å². The van der Waals surface area contributed by atoms with Gasteiger partial charge in [0.1, 0.15) is 10.7 Å². The highest BCUT2D eigenvalue weighted by Crippen LogP contribution is 2.21. The average molecular weight is 434 g/mol. The average Bonchev–Trinajstić information content (AvgIpc) is 2.74. The van der Waals surface area contributed by atoms with Gasteiger partial charge in [-0.3, -0.25) is 9.59 Å². The summed E-state index contributed by atoms with van der Waals surface area (Å²) in [6.45, 7) is 2.11. The number of nitrogens with one attached hydrogen (secondary N) is 2. The molecule has 9 heteroatoms. The predicted octanol–water partition coefficient (Wildman–Crippen LogP) is 2.37. The minimum absolute atomic E-state index is 0.0957. The van der Waals surface area contributed by atoms with E-state index in [4.69, 9.17) is 0 Å². The largest absolute Gasteiger partial charge is 0.341 e. The summed E-state index contributed by atoms with van der Waals surface area (Å²) in [5.74, 6) is -1.60. The highest BCUT2D eigenvalue weighted by molar-refractivity contribution is 7.89. The third-order valence-corrected chi connectivity index (χ3v) is 6.62. The van der Waals surface area contributed by atoms with Crippen molar-refractivity contribution in [3.05, 3.63) is 60.4 Å². The Balaban J connectivity index is 1.54. The molecule has 1 aliphatic heterocycles. The number of hydrogen-bond donors (Lipinski definition) is 2. The van der Waals surface area contributed by atoms with Crippen molar-refractivity contribution >= 4 is 27.5 Å². The molecule has 1 heterocycles. The van der Waals surface area contributed by atoms with Crippen molar-refractivity contribution in [2.24, 2.45) is 5.92 Å². The van der Waals surface area contributed by atoms with Crippen molar-refractivity contribution in [1.29, 1.82) is 0 Å². The molecular weight excluding hydrogens is 409 g/mol. The fourth-order valence-electron chi connectivity index (χ4n) is 3.41. The van der Waals surface area contributed by atoms with Crippen LogP contribution >= 0.6 is 0 Å². The Labute approximate surface area is 175 Å². The molecule has 0 radical (unpaired) electrons. The Morgan fingerprint density at radius 1 is 1.03 bits per heavy atom. The number of anilines is 1.